The third kappa shape index (κ3) is 8.20. The molecule has 0 bridgehead atoms. The fourth-order valence-electron chi connectivity index (χ4n) is 5.26. The molecule has 1 atom stereocenters. The van der Waals surface area contributed by atoms with Gasteiger partial charge in [-0.3, -0.25) is 4.79 Å². The SMILES string of the molecule is CCCCOC(=O)N[C@H]1CSc2cc(F)c(-c3nnc(C(C)(C)CN4CCS(=O)(=O)CC4)o3)cc2N(Cc2ccc(Cl)cc2)C1=O. The highest BCUT2D eigenvalue weighted by Crippen LogP contribution is 2.40. The summed E-state index contributed by atoms with van der Waals surface area (Å²) in [6, 6.07) is 8.96. The van der Waals surface area contributed by atoms with Crippen molar-refractivity contribution in [3.63, 3.8) is 0 Å². The van der Waals surface area contributed by atoms with E-state index < -0.39 is 33.2 Å². The number of hydrogen-bond acceptors (Lipinski definition) is 10. The molecule has 2 aliphatic rings. The van der Waals surface area contributed by atoms with Crippen LogP contribution in [0.1, 0.15) is 45.1 Å². The molecule has 0 saturated carbocycles. The number of aromatic nitrogens is 2. The minimum absolute atomic E-state index is 0.0252. The van der Waals surface area contributed by atoms with E-state index in [0.29, 0.717) is 41.7 Å². The summed E-state index contributed by atoms with van der Waals surface area (Å²) in [6.45, 7) is 7.46. The van der Waals surface area contributed by atoms with Crippen molar-refractivity contribution in [1.29, 1.82) is 0 Å². The second-order valence-corrected chi connectivity index (χ2v) is 15.9. The van der Waals surface area contributed by atoms with Crippen LogP contribution >= 0.6 is 23.4 Å². The largest absolute Gasteiger partial charge is 0.450 e. The average Bonchev–Trinajstić information content (AvgIpc) is 3.47. The number of ether oxygens (including phenoxy) is 1. The van der Waals surface area contributed by atoms with E-state index >= 15 is 4.39 Å². The van der Waals surface area contributed by atoms with Gasteiger partial charge in [0.05, 0.1) is 41.3 Å². The molecule has 3 aromatic rings. The molecule has 0 aliphatic carbocycles. The Balaban J connectivity index is 1.43. The van der Waals surface area contributed by atoms with E-state index in [9.17, 15) is 18.0 Å². The molecule has 15 heteroatoms. The number of anilines is 1. The minimum atomic E-state index is -3.03. The van der Waals surface area contributed by atoms with E-state index in [1.807, 2.05) is 25.7 Å². The van der Waals surface area contributed by atoms with Crippen LogP contribution in [0, 0.1) is 5.82 Å². The summed E-state index contributed by atoms with van der Waals surface area (Å²) in [5.41, 5.74) is 0.583. The van der Waals surface area contributed by atoms with Gasteiger partial charge in [0.1, 0.15) is 11.9 Å². The second-order valence-electron chi connectivity index (χ2n) is 12.1. The summed E-state index contributed by atoms with van der Waals surface area (Å²) >= 11 is 7.34. The van der Waals surface area contributed by atoms with Crippen molar-refractivity contribution >= 4 is 50.9 Å². The first-order valence-corrected chi connectivity index (χ1v) is 18.3. The Hall–Kier alpha value is -3.20. The van der Waals surface area contributed by atoms with Crippen molar-refractivity contribution in [1.82, 2.24) is 20.4 Å². The zero-order valence-corrected chi connectivity index (χ0v) is 28.3. The Bertz CT molecular complexity index is 1670. The van der Waals surface area contributed by atoms with Crippen molar-refractivity contribution in [2.24, 2.45) is 0 Å². The van der Waals surface area contributed by atoms with Crippen LogP contribution in [0.4, 0.5) is 14.9 Å². The second kappa shape index (κ2) is 14.3. The first-order valence-electron chi connectivity index (χ1n) is 15.1. The predicted octanol–water partition coefficient (Wildman–Crippen LogP) is 5.07. The van der Waals surface area contributed by atoms with Gasteiger partial charge in [-0.05, 0) is 50.1 Å². The lowest BCUT2D eigenvalue weighted by Gasteiger charge is -2.32. The monoisotopic (exact) mass is 693 g/mol. The van der Waals surface area contributed by atoms with Crippen LogP contribution < -0.4 is 10.2 Å². The Kier molecular flexibility index (Phi) is 10.6. The lowest BCUT2D eigenvalue weighted by atomic mass is 9.92. The number of nitrogens with one attached hydrogen (secondary N) is 1. The smallest absolute Gasteiger partial charge is 0.407 e. The Morgan fingerprint density at radius 2 is 1.91 bits per heavy atom. The zero-order valence-electron chi connectivity index (χ0n) is 25.9. The number of unbranched alkanes of at least 4 members (excludes halogenated alkanes) is 1. The van der Waals surface area contributed by atoms with Crippen molar-refractivity contribution in [2.45, 2.75) is 56.5 Å². The van der Waals surface area contributed by atoms with E-state index in [-0.39, 0.29) is 53.7 Å². The molecule has 1 saturated heterocycles. The Morgan fingerprint density at radius 3 is 2.61 bits per heavy atom. The molecule has 0 radical (unpaired) electrons. The van der Waals surface area contributed by atoms with E-state index in [4.69, 9.17) is 20.8 Å². The molecule has 11 nitrogen and oxygen atoms in total. The summed E-state index contributed by atoms with van der Waals surface area (Å²) in [7, 11) is -3.03. The highest BCUT2D eigenvalue weighted by molar-refractivity contribution is 7.99. The first-order chi connectivity index (χ1) is 21.8. The fourth-order valence-corrected chi connectivity index (χ4v) is 7.74. The summed E-state index contributed by atoms with van der Waals surface area (Å²) in [6.07, 6.45) is 0.866. The summed E-state index contributed by atoms with van der Waals surface area (Å²) in [5.74, 6) is -0.407. The van der Waals surface area contributed by atoms with E-state index in [0.717, 1.165) is 12.0 Å². The van der Waals surface area contributed by atoms with Gasteiger partial charge < -0.3 is 24.3 Å². The van der Waals surface area contributed by atoms with Crippen LogP contribution in [0.5, 0.6) is 0 Å². The van der Waals surface area contributed by atoms with Crippen LogP contribution in [-0.2, 0) is 31.3 Å². The van der Waals surface area contributed by atoms with Crippen molar-refractivity contribution in [3.05, 3.63) is 58.7 Å². The van der Waals surface area contributed by atoms with E-state index in [1.165, 1.54) is 28.8 Å². The number of hydrogen-bond donors (Lipinski definition) is 1. The number of rotatable bonds is 10. The molecule has 1 fully saturated rings. The van der Waals surface area contributed by atoms with Gasteiger partial charge in [-0.2, -0.15) is 0 Å². The molecule has 0 spiro atoms. The highest BCUT2D eigenvalue weighted by Gasteiger charge is 2.36. The number of fused-ring (bicyclic) bond motifs is 1. The molecule has 3 heterocycles. The van der Waals surface area contributed by atoms with E-state index in [1.54, 1.807) is 24.3 Å². The summed E-state index contributed by atoms with van der Waals surface area (Å²) < 4.78 is 50.7. The number of nitrogens with zero attached hydrogens (tertiary/aromatic N) is 4. The standard InChI is InChI=1S/C31H37ClFN5O6S2/c1-4-5-12-43-30(40)34-24-18-45-26-16-23(33)22(15-25(26)38(28(24)39)17-20-6-8-21(32)9-7-20)27-35-36-29(44-27)31(2,3)19-37-10-13-46(41,42)14-11-37/h6-9,15-16,24H,4-5,10-14,17-19H2,1-3H3,(H,34,40)/t24-/m0/s1. The van der Waals surface area contributed by atoms with Crippen LogP contribution in [0.2, 0.25) is 5.02 Å². The van der Waals surface area contributed by atoms with Gasteiger partial charge in [0, 0.05) is 35.3 Å². The van der Waals surface area contributed by atoms with Crippen LogP contribution in [0.25, 0.3) is 11.5 Å². The van der Waals surface area contributed by atoms with Crippen LogP contribution in [-0.4, -0.2) is 85.1 Å². The number of carbonyl (C=O) groups excluding carboxylic acids is 2. The normalized spacial score (nSPS) is 18.6. The van der Waals surface area contributed by atoms with Gasteiger partial charge in [-0.15, -0.1) is 22.0 Å². The van der Waals surface area contributed by atoms with Crippen molar-refractivity contribution in [3.8, 4) is 11.5 Å². The van der Waals surface area contributed by atoms with Gasteiger partial charge in [-0.25, -0.2) is 17.6 Å². The molecule has 1 N–H and O–H groups in total. The average molecular weight is 694 g/mol. The van der Waals surface area contributed by atoms with E-state index in [2.05, 4.69) is 15.5 Å². The molecule has 2 amide bonds. The highest BCUT2D eigenvalue weighted by atomic mass is 35.5. The molecule has 1 aromatic heterocycles. The number of alkyl carbamates (subject to hydrolysis) is 1. The maximum atomic E-state index is 15.7. The molecule has 0 unspecified atom stereocenters. The summed E-state index contributed by atoms with van der Waals surface area (Å²) in [4.78, 5) is 30.5. The number of amides is 2. The van der Waals surface area contributed by atoms with Gasteiger partial charge in [0.25, 0.3) is 11.8 Å². The van der Waals surface area contributed by atoms with Gasteiger partial charge in [0.15, 0.2) is 9.84 Å². The molecule has 46 heavy (non-hydrogen) atoms. The molecule has 248 valence electrons. The molecule has 5 rings (SSSR count). The fraction of sp³-hybridized carbons (Fsp3) is 0.484. The Labute approximate surface area is 277 Å². The molecule has 2 aliphatic heterocycles. The third-order valence-corrected chi connectivity index (χ3v) is 10.9. The van der Waals surface area contributed by atoms with Gasteiger partial charge in [-0.1, -0.05) is 37.1 Å². The number of thioether (sulfide) groups is 1. The number of halogens is 2. The van der Waals surface area contributed by atoms with Crippen molar-refractivity contribution in [2.75, 3.05) is 48.4 Å². The minimum Gasteiger partial charge on any atom is -0.450 e. The molecular formula is C31H37ClFN5O6S2. The van der Waals surface area contributed by atoms with Gasteiger partial charge in [0.2, 0.25) is 5.89 Å². The lowest BCUT2D eigenvalue weighted by Crippen LogP contribution is -2.49. The zero-order chi connectivity index (χ0) is 33.1. The van der Waals surface area contributed by atoms with Crippen LogP contribution in [0.15, 0.2) is 45.7 Å². The van der Waals surface area contributed by atoms with Crippen molar-refractivity contribution < 1.29 is 31.6 Å². The molecular weight excluding hydrogens is 657 g/mol. The number of benzene rings is 2. The maximum Gasteiger partial charge on any atom is 0.407 e. The quantitative estimate of drug-likeness (QED) is 0.287. The third-order valence-electron chi connectivity index (χ3n) is 7.88. The predicted molar refractivity (Wildman–Crippen MR) is 174 cm³/mol. The molecule has 2 aromatic carbocycles. The summed E-state index contributed by atoms with van der Waals surface area (Å²) in [5, 5.41) is 11.6. The van der Waals surface area contributed by atoms with Gasteiger partial charge >= 0.3 is 6.09 Å². The Morgan fingerprint density at radius 1 is 1.20 bits per heavy atom. The first kappa shape index (κ1) is 34.1. The number of sulfone groups is 1. The maximum absolute atomic E-state index is 15.7. The topological polar surface area (TPSA) is 135 Å². The number of carbonyl (C=O) groups is 2. The van der Waals surface area contributed by atoms with Crippen LogP contribution in [0.3, 0.4) is 0 Å². The lowest BCUT2D eigenvalue weighted by molar-refractivity contribution is -0.120.